The van der Waals surface area contributed by atoms with E-state index in [1.165, 1.54) is 0 Å². The van der Waals surface area contributed by atoms with Gasteiger partial charge in [-0.15, -0.1) is 24.0 Å². The SMILES string of the molecule is Cc1ccc(NCCCNC2=NCCCN2)c([N+](=O)[O-])c1.I. The number of benzene rings is 1. The molecule has 1 aliphatic heterocycles. The van der Waals surface area contributed by atoms with Crippen LogP contribution < -0.4 is 16.0 Å². The second-order valence-electron chi connectivity index (χ2n) is 5.00. The molecule has 22 heavy (non-hydrogen) atoms. The second kappa shape index (κ2) is 9.44. The number of nitro groups is 1. The maximum Gasteiger partial charge on any atom is 0.292 e. The smallest absolute Gasteiger partial charge is 0.292 e. The van der Waals surface area contributed by atoms with Crippen LogP contribution in [-0.2, 0) is 0 Å². The zero-order chi connectivity index (χ0) is 15.1. The number of guanidine groups is 1. The summed E-state index contributed by atoms with van der Waals surface area (Å²) in [6.07, 6.45) is 1.93. The third-order valence-electron chi connectivity index (χ3n) is 3.21. The van der Waals surface area contributed by atoms with Crippen LogP contribution >= 0.6 is 24.0 Å². The third-order valence-corrected chi connectivity index (χ3v) is 3.21. The second-order valence-corrected chi connectivity index (χ2v) is 5.00. The van der Waals surface area contributed by atoms with Crippen molar-refractivity contribution in [1.29, 1.82) is 0 Å². The van der Waals surface area contributed by atoms with Crippen molar-refractivity contribution < 1.29 is 4.92 Å². The molecule has 3 N–H and O–H groups in total. The van der Waals surface area contributed by atoms with Crippen molar-refractivity contribution in [2.24, 2.45) is 4.99 Å². The van der Waals surface area contributed by atoms with Crippen molar-refractivity contribution in [3.8, 4) is 0 Å². The quantitative estimate of drug-likeness (QED) is 0.285. The molecule has 0 aromatic heterocycles. The van der Waals surface area contributed by atoms with Crippen LogP contribution in [0.15, 0.2) is 23.2 Å². The number of nitrogens with zero attached hydrogens (tertiary/aromatic N) is 2. The van der Waals surface area contributed by atoms with Gasteiger partial charge < -0.3 is 16.0 Å². The molecule has 7 nitrogen and oxygen atoms in total. The molecule has 1 aromatic rings. The number of aryl methyl sites for hydroxylation is 1. The molecule has 1 aromatic carbocycles. The summed E-state index contributed by atoms with van der Waals surface area (Å²) in [7, 11) is 0. The molecule has 1 heterocycles. The molecule has 0 amide bonds. The first kappa shape index (κ1) is 18.5. The van der Waals surface area contributed by atoms with Gasteiger partial charge >= 0.3 is 0 Å². The van der Waals surface area contributed by atoms with Gasteiger partial charge in [0.05, 0.1) is 4.92 Å². The molecule has 2 rings (SSSR count). The largest absolute Gasteiger partial charge is 0.379 e. The molecule has 0 bridgehead atoms. The van der Waals surface area contributed by atoms with E-state index in [1.807, 2.05) is 13.0 Å². The highest BCUT2D eigenvalue weighted by atomic mass is 127. The average Bonchev–Trinajstić information content (AvgIpc) is 2.49. The number of hydrogen-bond acceptors (Lipinski definition) is 6. The van der Waals surface area contributed by atoms with Crippen LogP contribution in [-0.4, -0.2) is 37.1 Å². The van der Waals surface area contributed by atoms with Crippen molar-refractivity contribution >= 4 is 41.3 Å². The Labute approximate surface area is 147 Å². The Morgan fingerprint density at radius 3 is 2.82 bits per heavy atom. The van der Waals surface area contributed by atoms with Gasteiger partial charge in [0.2, 0.25) is 0 Å². The van der Waals surface area contributed by atoms with Gasteiger partial charge in [-0.05, 0) is 31.4 Å². The van der Waals surface area contributed by atoms with Crippen molar-refractivity contribution in [2.45, 2.75) is 19.8 Å². The first-order chi connectivity index (χ1) is 10.2. The van der Waals surface area contributed by atoms with Gasteiger partial charge in [0.25, 0.3) is 5.69 Å². The number of nitro benzene ring substituents is 1. The monoisotopic (exact) mass is 419 g/mol. The summed E-state index contributed by atoms with van der Waals surface area (Å²) < 4.78 is 0. The van der Waals surface area contributed by atoms with Crippen molar-refractivity contribution in [2.75, 3.05) is 31.5 Å². The fourth-order valence-electron chi connectivity index (χ4n) is 2.11. The van der Waals surface area contributed by atoms with Crippen molar-refractivity contribution in [3.63, 3.8) is 0 Å². The van der Waals surface area contributed by atoms with E-state index < -0.39 is 0 Å². The van der Waals surface area contributed by atoms with E-state index in [-0.39, 0.29) is 34.6 Å². The molecule has 0 spiro atoms. The van der Waals surface area contributed by atoms with Gasteiger partial charge in [0.1, 0.15) is 5.69 Å². The number of hydrogen-bond donors (Lipinski definition) is 3. The number of halogens is 1. The van der Waals surface area contributed by atoms with Gasteiger partial charge in [-0.25, -0.2) is 0 Å². The summed E-state index contributed by atoms with van der Waals surface area (Å²) in [5.41, 5.74) is 1.58. The fourth-order valence-corrected chi connectivity index (χ4v) is 2.11. The molecule has 122 valence electrons. The number of anilines is 1. The topological polar surface area (TPSA) is 91.6 Å². The van der Waals surface area contributed by atoms with E-state index in [0.29, 0.717) is 12.2 Å². The first-order valence-corrected chi connectivity index (χ1v) is 7.18. The average molecular weight is 419 g/mol. The Kier molecular flexibility index (Phi) is 7.92. The zero-order valence-electron chi connectivity index (χ0n) is 12.6. The highest BCUT2D eigenvalue weighted by Gasteiger charge is 2.12. The minimum atomic E-state index is -0.353. The normalized spacial score (nSPS) is 13.4. The lowest BCUT2D eigenvalue weighted by molar-refractivity contribution is -0.384. The molecular formula is C14H22IN5O2. The minimum absolute atomic E-state index is 0. The lowest BCUT2D eigenvalue weighted by Crippen LogP contribution is -2.41. The minimum Gasteiger partial charge on any atom is -0.379 e. The molecule has 1 aliphatic rings. The van der Waals surface area contributed by atoms with Crippen LogP contribution in [0.25, 0.3) is 0 Å². The molecule has 0 fully saturated rings. The van der Waals surface area contributed by atoms with E-state index in [2.05, 4.69) is 20.9 Å². The molecule has 0 radical (unpaired) electrons. The Hall–Kier alpha value is -1.58. The molecule has 8 heteroatoms. The summed E-state index contributed by atoms with van der Waals surface area (Å²) in [5.74, 6) is 0.850. The summed E-state index contributed by atoms with van der Waals surface area (Å²) in [6, 6.07) is 5.21. The number of rotatable bonds is 6. The van der Waals surface area contributed by atoms with Gasteiger partial charge in [0.15, 0.2) is 5.96 Å². The van der Waals surface area contributed by atoms with Crippen LogP contribution in [0.5, 0.6) is 0 Å². The lowest BCUT2D eigenvalue weighted by atomic mass is 10.2. The molecule has 0 saturated carbocycles. The van der Waals surface area contributed by atoms with E-state index in [0.717, 1.165) is 44.0 Å². The van der Waals surface area contributed by atoms with Crippen molar-refractivity contribution in [3.05, 3.63) is 33.9 Å². The van der Waals surface area contributed by atoms with Crippen molar-refractivity contribution in [1.82, 2.24) is 10.6 Å². The van der Waals surface area contributed by atoms with Crippen LogP contribution in [0, 0.1) is 17.0 Å². The summed E-state index contributed by atoms with van der Waals surface area (Å²) in [6.45, 7) is 5.12. The number of nitrogens with one attached hydrogen (secondary N) is 3. The Balaban J connectivity index is 0.00000242. The van der Waals surface area contributed by atoms with Gasteiger partial charge in [-0.3, -0.25) is 15.1 Å². The lowest BCUT2D eigenvalue weighted by Gasteiger charge is -2.16. The van der Waals surface area contributed by atoms with E-state index >= 15 is 0 Å². The van der Waals surface area contributed by atoms with Crippen LogP contribution in [0.1, 0.15) is 18.4 Å². The summed E-state index contributed by atoms with van der Waals surface area (Å²) in [4.78, 5) is 15.0. The van der Waals surface area contributed by atoms with Crippen LogP contribution in [0.3, 0.4) is 0 Å². The van der Waals surface area contributed by atoms with Gasteiger partial charge in [0, 0.05) is 32.2 Å². The maximum absolute atomic E-state index is 11.0. The van der Waals surface area contributed by atoms with Crippen LogP contribution in [0.4, 0.5) is 11.4 Å². The fraction of sp³-hybridized carbons (Fsp3) is 0.500. The highest BCUT2D eigenvalue weighted by molar-refractivity contribution is 14.0. The van der Waals surface area contributed by atoms with E-state index in [4.69, 9.17) is 0 Å². The predicted octanol–water partition coefficient (Wildman–Crippen LogP) is 2.26. The third kappa shape index (κ3) is 5.66. The Bertz CT molecular complexity index is 536. The highest BCUT2D eigenvalue weighted by Crippen LogP contribution is 2.24. The molecule has 0 saturated heterocycles. The number of aliphatic imine (C=N–C) groups is 1. The maximum atomic E-state index is 11.0. The summed E-state index contributed by atoms with van der Waals surface area (Å²) in [5, 5.41) is 20.5. The van der Waals surface area contributed by atoms with Gasteiger partial charge in [-0.1, -0.05) is 6.07 Å². The standard InChI is InChI=1S/C14H21N5O2.HI/c1-11-4-5-12(13(10-11)19(20)21)15-6-2-7-16-14-17-8-3-9-18-14;/h4-5,10,15H,2-3,6-9H2,1H3,(H2,16,17,18);1H. The van der Waals surface area contributed by atoms with E-state index in [1.54, 1.807) is 12.1 Å². The predicted molar refractivity (Wildman–Crippen MR) is 99.3 cm³/mol. The molecule has 0 atom stereocenters. The zero-order valence-corrected chi connectivity index (χ0v) is 14.9. The first-order valence-electron chi connectivity index (χ1n) is 7.18. The Morgan fingerprint density at radius 2 is 2.14 bits per heavy atom. The Morgan fingerprint density at radius 1 is 1.36 bits per heavy atom. The van der Waals surface area contributed by atoms with Gasteiger partial charge in [-0.2, -0.15) is 0 Å². The molecular weight excluding hydrogens is 397 g/mol. The molecule has 0 unspecified atom stereocenters. The van der Waals surface area contributed by atoms with Crippen LogP contribution in [0.2, 0.25) is 0 Å². The van der Waals surface area contributed by atoms with E-state index in [9.17, 15) is 10.1 Å². The molecule has 0 aliphatic carbocycles. The summed E-state index contributed by atoms with van der Waals surface area (Å²) >= 11 is 0.